The largest absolute Gasteiger partial charge is 0.380 e. The van der Waals surface area contributed by atoms with E-state index in [1.54, 1.807) is 12.1 Å². The van der Waals surface area contributed by atoms with E-state index >= 15 is 0 Å². The molecule has 0 amide bonds. The van der Waals surface area contributed by atoms with Crippen LogP contribution in [0, 0.1) is 11.3 Å². The third kappa shape index (κ3) is 6.21. The van der Waals surface area contributed by atoms with Gasteiger partial charge in [0.25, 0.3) is 0 Å². The second kappa shape index (κ2) is 9.82. The zero-order valence-electron chi connectivity index (χ0n) is 12.1. The number of nitrogens with zero attached hydrogens (tertiary/aromatic N) is 2. The van der Waals surface area contributed by atoms with Gasteiger partial charge in [0.05, 0.1) is 24.8 Å². The summed E-state index contributed by atoms with van der Waals surface area (Å²) < 4.78 is 5.27. The molecule has 0 fully saturated rings. The molecule has 108 valence electrons. The molecule has 0 heterocycles. The minimum absolute atomic E-state index is 0.579. The zero-order chi connectivity index (χ0) is 14.6. The van der Waals surface area contributed by atoms with Crippen molar-refractivity contribution in [2.75, 3.05) is 26.3 Å². The minimum Gasteiger partial charge on any atom is -0.380 e. The first-order chi connectivity index (χ1) is 9.80. The van der Waals surface area contributed by atoms with Gasteiger partial charge in [0, 0.05) is 19.7 Å². The van der Waals surface area contributed by atoms with E-state index in [4.69, 9.17) is 10.00 Å². The normalized spacial score (nSPS) is 10.9. The van der Waals surface area contributed by atoms with Crippen molar-refractivity contribution in [3.05, 3.63) is 35.4 Å². The summed E-state index contributed by atoms with van der Waals surface area (Å²) in [5, 5.41) is 15.1. The van der Waals surface area contributed by atoms with Gasteiger partial charge in [0.1, 0.15) is 0 Å². The highest BCUT2D eigenvalue weighted by Gasteiger charge is 1.97. The SMILES string of the molecule is CCNC(=NCc1ccc(C#N)cc1)NCCOCC. The van der Waals surface area contributed by atoms with Gasteiger partial charge in [-0.2, -0.15) is 5.26 Å². The van der Waals surface area contributed by atoms with Crippen LogP contribution in [0.4, 0.5) is 0 Å². The number of ether oxygens (including phenoxy) is 1. The summed E-state index contributed by atoms with van der Waals surface area (Å²) in [6.45, 7) is 7.51. The second-order valence-corrected chi connectivity index (χ2v) is 4.13. The summed E-state index contributed by atoms with van der Waals surface area (Å²) in [6.07, 6.45) is 0. The first-order valence-corrected chi connectivity index (χ1v) is 6.89. The molecule has 0 aliphatic heterocycles. The minimum atomic E-state index is 0.579. The average molecular weight is 274 g/mol. The Morgan fingerprint density at radius 1 is 1.25 bits per heavy atom. The van der Waals surface area contributed by atoms with Gasteiger partial charge in [-0.25, -0.2) is 4.99 Å². The molecule has 5 heteroatoms. The lowest BCUT2D eigenvalue weighted by atomic mass is 10.1. The Labute approximate surface area is 120 Å². The van der Waals surface area contributed by atoms with Crippen LogP contribution in [0.3, 0.4) is 0 Å². The van der Waals surface area contributed by atoms with Crippen LogP contribution in [0.25, 0.3) is 0 Å². The quantitative estimate of drug-likeness (QED) is 0.450. The molecule has 0 spiro atoms. The van der Waals surface area contributed by atoms with Crippen molar-refractivity contribution in [1.82, 2.24) is 10.6 Å². The van der Waals surface area contributed by atoms with E-state index in [9.17, 15) is 0 Å². The summed E-state index contributed by atoms with van der Waals surface area (Å²) in [7, 11) is 0. The molecule has 0 aliphatic rings. The van der Waals surface area contributed by atoms with E-state index in [1.165, 1.54) is 0 Å². The van der Waals surface area contributed by atoms with Crippen molar-refractivity contribution in [2.45, 2.75) is 20.4 Å². The highest BCUT2D eigenvalue weighted by atomic mass is 16.5. The summed E-state index contributed by atoms with van der Waals surface area (Å²) >= 11 is 0. The van der Waals surface area contributed by atoms with Crippen LogP contribution in [-0.4, -0.2) is 32.3 Å². The standard InChI is InChI=1S/C15H22N4O/c1-3-17-15(18-9-10-20-4-2)19-12-14-7-5-13(11-16)6-8-14/h5-8H,3-4,9-10,12H2,1-2H3,(H2,17,18,19). The lowest BCUT2D eigenvalue weighted by molar-refractivity contribution is 0.152. The summed E-state index contributed by atoms with van der Waals surface area (Å²) in [5.41, 5.74) is 1.74. The van der Waals surface area contributed by atoms with Gasteiger partial charge in [0.15, 0.2) is 5.96 Å². The molecule has 0 atom stereocenters. The van der Waals surface area contributed by atoms with E-state index in [-0.39, 0.29) is 0 Å². The van der Waals surface area contributed by atoms with Crippen molar-refractivity contribution in [2.24, 2.45) is 4.99 Å². The van der Waals surface area contributed by atoms with Crippen LogP contribution in [0.5, 0.6) is 0 Å². The highest BCUT2D eigenvalue weighted by Crippen LogP contribution is 2.04. The van der Waals surface area contributed by atoms with Crippen LogP contribution in [0.1, 0.15) is 25.0 Å². The van der Waals surface area contributed by atoms with Crippen molar-refractivity contribution >= 4 is 5.96 Å². The number of nitriles is 1. The average Bonchev–Trinajstić information content (AvgIpc) is 2.49. The van der Waals surface area contributed by atoms with Gasteiger partial charge in [-0.1, -0.05) is 12.1 Å². The number of aliphatic imine (C=N–C) groups is 1. The maximum absolute atomic E-state index is 8.75. The Morgan fingerprint density at radius 2 is 2.00 bits per heavy atom. The molecule has 2 N–H and O–H groups in total. The molecular weight excluding hydrogens is 252 g/mol. The molecule has 0 saturated carbocycles. The fraction of sp³-hybridized carbons (Fsp3) is 0.467. The van der Waals surface area contributed by atoms with Crippen molar-refractivity contribution < 1.29 is 4.74 Å². The molecule has 20 heavy (non-hydrogen) atoms. The highest BCUT2D eigenvalue weighted by molar-refractivity contribution is 5.79. The van der Waals surface area contributed by atoms with Crippen LogP contribution in [0.2, 0.25) is 0 Å². The van der Waals surface area contributed by atoms with Crippen molar-refractivity contribution in [3.8, 4) is 6.07 Å². The maximum atomic E-state index is 8.75. The number of hydrogen-bond donors (Lipinski definition) is 2. The van der Waals surface area contributed by atoms with Crippen LogP contribution in [-0.2, 0) is 11.3 Å². The Bertz CT molecular complexity index is 448. The Balaban J connectivity index is 2.50. The molecule has 1 rings (SSSR count). The van der Waals surface area contributed by atoms with Crippen LogP contribution >= 0.6 is 0 Å². The van der Waals surface area contributed by atoms with Crippen LogP contribution < -0.4 is 10.6 Å². The fourth-order valence-corrected chi connectivity index (χ4v) is 1.58. The molecule has 0 bridgehead atoms. The number of nitrogens with one attached hydrogen (secondary N) is 2. The summed E-state index contributed by atoms with van der Waals surface area (Å²) in [4.78, 5) is 4.49. The number of rotatable bonds is 7. The third-order valence-corrected chi connectivity index (χ3v) is 2.59. The van der Waals surface area contributed by atoms with E-state index in [0.29, 0.717) is 18.7 Å². The topological polar surface area (TPSA) is 69.4 Å². The smallest absolute Gasteiger partial charge is 0.191 e. The Morgan fingerprint density at radius 3 is 2.60 bits per heavy atom. The first kappa shape index (κ1) is 16.0. The fourth-order valence-electron chi connectivity index (χ4n) is 1.58. The molecule has 1 aromatic rings. The molecule has 0 aromatic heterocycles. The number of guanidine groups is 1. The van der Waals surface area contributed by atoms with E-state index < -0.39 is 0 Å². The lowest BCUT2D eigenvalue weighted by Gasteiger charge is -2.11. The van der Waals surface area contributed by atoms with Gasteiger partial charge < -0.3 is 15.4 Å². The molecule has 0 unspecified atom stereocenters. The maximum Gasteiger partial charge on any atom is 0.191 e. The van der Waals surface area contributed by atoms with E-state index in [2.05, 4.69) is 21.7 Å². The number of hydrogen-bond acceptors (Lipinski definition) is 3. The summed E-state index contributed by atoms with van der Waals surface area (Å²) in [5.74, 6) is 0.775. The molecule has 0 saturated heterocycles. The van der Waals surface area contributed by atoms with Crippen molar-refractivity contribution in [1.29, 1.82) is 5.26 Å². The van der Waals surface area contributed by atoms with Gasteiger partial charge in [-0.05, 0) is 31.5 Å². The van der Waals surface area contributed by atoms with E-state index in [0.717, 1.165) is 31.2 Å². The van der Waals surface area contributed by atoms with Crippen molar-refractivity contribution in [3.63, 3.8) is 0 Å². The van der Waals surface area contributed by atoms with Gasteiger partial charge in [0.2, 0.25) is 0 Å². The van der Waals surface area contributed by atoms with E-state index in [1.807, 2.05) is 26.0 Å². The zero-order valence-corrected chi connectivity index (χ0v) is 12.1. The summed E-state index contributed by atoms with van der Waals surface area (Å²) in [6, 6.07) is 9.56. The predicted molar refractivity (Wildman–Crippen MR) is 80.5 cm³/mol. The predicted octanol–water partition coefficient (Wildman–Crippen LogP) is 1.65. The Kier molecular flexibility index (Phi) is 7.85. The molecule has 1 aromatic carbocycles. The van der Waals surface area contributed by atoms with Crippen LogP contribution in [0.15, 0.2) is 29.3 Å². The third-order valence-electron chi connectivity index (χ3n) is 2.59. The van der Waals surface area contributed by atoms with Gasteiger partial charge in [-0.15, -0.1) is 0 Å². The monoisotopic (exact) mass is 274 g/mol. The first-order valence-electron chi connectivity index (χ1n) is 6.89. The lowest BCUT2D eigenvalue weighted by Crippen LogP contribution is -2.39. The molecule has 5 nitrogen and oxygen atoms in total. The van der Waals surface area contributed by atoms with Gasteiger partial charge >= 0.3 is 0 Å². The molecule has 0 aliphatic carbocycles. The molecular formula is C15H22N4O. The molecule has 0 radical (unpaired) electrons. The van der Waals surface area contributed by atoms with Gasteiger partial charge in [-0.3, -0.25) is 0 Å². The number of benzene rings is 1. The Hall–Kier alpha value is -2.06. The second-order valence-electron chi connectivity index (χ2n) is 4.13.